The van der Waals surface area contributed by atoms with Gasteiger partial charge in [0.25, 0.3) is 5.91 Å². The molecule has 0 aromatic rings. The van der Waals surface area contributed by atoms with Crippen molar-refractivity contribution in [1.29, 1.82) is 0 Å². The smallest absolute Gasteiger partial charge is 0.260 e. The molecule has 0 fully saturated rings. The quantitative estimate of drug-likeness (QED) is 0.466. The Labute approximate surface area is 52.7 Å². The van der Waals surface area contributed by atoms with Crippen molar-refractivity contribution in [3.63, 3.8) is 0 Å². The van der Waals surface area contributed by atoms with Crippen molar-refractivity contribution in [2.75, 3.05) is 7.05 Å². The van der Waals surface area contributed by atoms with Crippen molar-refractivity contribution >= 4 is 5.91 Å². The SMILES string of the molecule is CN1NC([O])C=CC1=O. The molecule has 0 saturated heterocycles. The van der Waals surface area contributed by atoms with Crippen LogP contribution >= 0.6 is 0 Å². The molecular formula is C5H7N2O2. The van der Waals surface area contributed by atoms with Gasteiger partial charge in [-0.3, -0.25) is 9.80 Å². The minimum absolute atomic E-state index is 0.192. The summed E-state index contributed by atoms with van der Waals surface area (Å²) < 4.78 is 0. The highest BCUT2D eigenvalue weighted by Crippen LogP contribution is 1.93. The Balaban J connectivity index is 2.65. The second-order valence-electron chi connectivity index (χ2n) is 1.81. The summed E-state index contributed by atoms with van der Waals surface area (Å²) in [5.74, 6) is -0.192. The van der Waals surface area contributed by atoms with Crippen molar-refractivity contribution in [3.8, 4) is 0 Å². The lowest BCUT2D eigenvalue weighted by Crippen LogP contribution is -2.46. The predicted molar refractivity (Wildman–Crippen MR) is 29.5 cm³/mol. The first-order chi connectivity index (χ1) is 4.20. The first-order valence-electron chi connectivity index (χ1n) is 2.58. The van der Waals surface area contributed by atoms with Crippen molar-refractivity contribution in [1.82, 2.24) is 10.4 Å². The van der Waals surface area contributed by atoms with Crippen LogP contribution in [0.25, 0.3) is 0 Å². The van der Waals surface area contributed by atoms with E-state index in [9.17, 15) is 9.90 Å². The molecule has 0 aromatic carbocycles. The van der Waals surface area contributed by atoms with Crippen molar-refractivity contribution < 1.29 is 9.90 Å². The van der Waals surface area contributed by atoms with Gasteiger partial charge in [0.15, 0.2) is 6.23 Å². The summed E-state index contributed by atoms with van der Waals surface area (Å²) in [5, 5.41) is 11.7. The van der Waals surface area contributed by atoms with E-state index in [2.05, 4.69) is 5.43 Å². The average Bonchev–Trinajstić information content (AvgIpc) is 1.80. The summed E-state index contributed by atoms with van der Waals surface area (Å²) in [6, 6.07) is 0. The number of carbonyl (C=O) groups is 1. The van der Waals surface area contributed by atoms with Gasteiger partial charge >= 0.3 is 0 Å². The van der Waals surface area contributed by atoms with Gasteiger partial charge in [0.1, 0.15) is 0 Å². The zero-order valence-electron chi connectivity index (χ0n) is 5.00. The lowest BCUT2D eigenvalue weighted by Gasteiger charge is -2.21. The van der Waals surface area contributed by atoms with E-state index in [1.54, 1.807) is 0 Å². The van der Waals surface area contributed by atoms with Gasteiger partial charge in [0.05, 0.1) is 0 Å². The molecular weight excluding hydrogens is 120 g/mol. The number of likely N-dealkylation sites (N-methyl/N-ethyl adjacent to an activating group) is 1. The van der Waals surface area contributed by atoms with E-state index in [0.29, 0.717) is 0 Å². The summed E-state index contributed by atoms with van der Waals surface area (Å²) in [5.41, 5.74) is 2.37. The molecule has 0 spiro atoms. The van der Waals surface area contributed by atoms with E-state index in [-0.39, 0.29) is 5.91 Å². The van der Waals surface area contributed by atoms with Crippen LogP contribution in [0.2, 0.25) is 0 Å². The van der Waals surface area contributed by atoms with Gasteiger partial charge in [-0.05, 0) is 6.08 Å². The van der Waals surface area contributed by atoms with Gasteiger partial charge in [-0.2, -0.15) is 5.43 Å². The molecule has 4 nitrogen and oxygen atoms in total. The fraction of sp³-hybridized carbons (Fsp3) is 0.400. The van der Waals surface area contributed by atoms with Crippen molar-refractivity contribution in [2.45, 2.75) is 6.23 Å². The monoisotopic (exact) mass is 127 g/mol. The number of nitrogens with zero attached hydrogens (tertiary/aromatic N) is 1. The summed E-state index contributed by atoms with van der Waals surface area (Å²) >= 11 is 0. The number of nitrogens with one attached hydrogen (secondary N) is 1. The maximum Gasteiger partial charge on any atom is 0.260 e. The summed E-state index contributed by atoms with van der Waals surface area (Å²) in [6.07, 6.45) is 1.56. The minimum Gasteiger partial charge on any atom is -0.275 e. The van der Waals surface area contributed by atoms with E-state index in [4.69, 9.17) is 0 Å². The van der Waals surface area contributed by atoms with Crippen LogP contribution < -0.4 is 5.43 Å². The normalized spacial score (nSPS) is 27.1. The van der Waals surface area contributed by atoms with Gasteiger partial charge in [-0.25, -0.2) is 5.11 Å². The Bertz CT molecular complexity index is 155. The van der Waals surface area contributed by atoms with Crippen LogP contribution in [0.5, 0.6) is 0 Å². The van der Waals surface area contributed by atoms with Crippen LogP contribution in [0, 0.1) is 0 Å². The van der Waals surface area contributed by atoms with Gasteiger partial charge < -0.3 is 0 Å². The molecule has 1 N–H and O–H groups in total. The largest absolute Gasteiger partial charge is 0.275 e. The highest BCUT2D eigenvalue weighted by atomic mass is 16.3. The summed E-state index contributed by atoms with van der Waals surface area (Å²) in [4.78, 5) is 10.6. The third-order valence-corrected chi connectivity index (χ3v) is 1.07. The van der Waals surface area contributed by atoms with E-state index < -0.39 is 6.23 Å². The molecule has 9 heavy (non-hydrogen) atoms. The van der Waals surface area contributed by atoms with Crippen LogP contribution in [-0.2, 0) is 9.90 Å². The van der Waals surface area contributed by atoms with Crippen molar-refractivity contribution in [3.05, 3.63) is 12.2 Å². The van der Waals surface area contributed by atoms with Crippen LogP contribution in [0.3, 0.4) is 0 Å². The van der Waals surface area contributed by atoms with Crippen LogP contribution in [0.1, 0.15) is 0 Å². The maximum atomic E-state index is 10.6. The zero-order chi connectivity index (χ0) is 6.85. The number of hydrogen-bond acceptors (Lipinski definition) is 2. The molecule has 1 atom stereocenters. The van der Waals surface area contributed by atoms with Gasteiger partial charge in [0.2, 0.25) is 0 Å². The van der Waals surface area contributed by atoms with Crippen LogP contribution in [0.4, 0.5) is 0 Å². The summed E-state index contributed by atoms with van der Waals surface area (Å²) in [6.45, 7) is 0. The zero-order valence-corrected chi connectivity index (χ0v) is 5.00. The fourth-order valence-electron chi connectivity index (χ4n) is 0.579. The maximum absolute atomic E-state index is 10.6. The number of amides is 1. The lowest BCUT2D eigenvalue weighted by molar-refractivity contribution is -0.132. The average molecular weight is 127 g/mol. The standard InChI is InChI=1S/C5H7N2O2/c1-7-5(9)3-2-4(8)6-7/h2-4,6H,1H3. The number of hydrazine groups is 1. The van der Waals surface area contributed by atoms with E-state index >= 15 is 0 Å². The van der Waals surface area contributed by atoms with Crippen LogP contribution in [0.15, 0.2) is 12.2 Å². The van der Waals surface area contributed by atoms with E-state index in [0.717, 1.165) is 5.01 Å². The highest BCUT2D eigenvalue weighted by Gasteiger charge is 2.13. The van der Waals surface area contributed by atoms with Gasteiger partial charge in [-0.15, -0.1) is 0 Å². The molecule has 1 rings (SSSR count). The second kappa shape index (κ2) is 2.16. The van der Waals surface area contributed by atoms with E-state index in [1.807, 2.05) is 0 Å². The molecule has 1 aliphatic heterocycles. The third-order valence-electron chi connectivity index (χ3n) is 1.07. The van der Waals surface area contributed by atoms with Crippen molar-refractivity contribution in [2.24, 2.45) is 0 Å². The first-order valence-corrected chi connectivity index (χ1v) is 2.58. The molecule has 1 unspecified atom stereocenters. The third kappa shape index (κ3) is 1.28. The topological polar surface area (TPSA) is 52.2 Å². The Kier molecular flexibility index (Phi) is 1.50. The number of hydrogen-bond donors (Lipinski definition) is 1. The molecule has 0 bridgehead atoms. The van der Waals surface area contributed by atoms with Gasteiger partial charge in [0, 0.05) is 13.1 Å². The van der Waals surface area contributed by atoms with Crippen LogP contribution in [-0.4, -0.2) is 24.2 Å². The molecule has 1 radical (unpaired) electrons. The molecule has 0 saturated carbocycles. The minimum atomic E-state index is -0.979. The Morgan fingerprint density at radius 1 is 1.78 bits per heavy atom. The molecule has 1 amide bonds. The number of carbonyl (C=O) groups excluding carboxylic acids is 1. The Morgan fingerprint density at radius 2 is 2.44 bits per heavy atom. The molecule has 1 heterocycles. The second-order valence-corrected chi connectivity index (χ2v) is 1.81. The predicted octanol–water partition coefficient (Wildman–Crippen LogP) is -0.724. The first kappa shape index (κ1) is 6.25. The molecule has 0 aromatic heterocycles. The summed E-state index contributed by atoms with van der Waals surface area (Å²) in [7, 11) is 1.51. The van der Waals surface area contributed by atoms with E-state index in [1.165, 1.54) is 19.2 Å². The Morgan fingerprint density at radius 3 is 2.89 bits per heavy atom. The fourth-order valence-corrected chi connectivity index (χ4v) is 0.579. The number of rotatable bonds is 0. The highest BCUT2D eigenvalue weighted by molar-refractivity contribution is 5.87. The molecule has 1 aliphatic rings. The Hall–Kier alpha value is -0.870. The van der Waals surface area contributed by atoms with Gasteiger partial charge in [-0.1, -0.05) is 0 Å². The lowest BCUT2D eigenvalue weighted by atomic mass is 10.4. The molecule has 0 aliphatic carbocycles. The molecule has 49 valence electrons. The molecule has 4 heteroatoms.